The monoisotopic (exact) mass is 448 g/mol. The van der Waals surface area contributed by atoms with Gasteiger partial charge in [0.1, 0.15) is 13.2 Å². The molecule has 1 aliphatic rings. The Hall–Kier alpha value is -2.45. The maximum atomic E-state index is 11.5. The molecule has 2 rings (SSSR count). The molecule has 2 N–H and O–H groups in total. The lowest BCUT2D eigenvalue weighted by Gasteiger charge is -2.20. The van der Waals surface area contributed by atoms with Crippen LogP contribution in [0.3, 0.4) is 0 Å². The molecule has 0 saturated carbocycles. The molecule has 8 heteroatoms. The van der Waals surface area contributed by atoms with Crippen molar-refractivity contribution in [3.05, 3.63) is 58.2 Å². The summed E-state index contributed by atoms with van der Waals surface area (Å²) in [6.07, 6.45) is 11.5. The number of benzene rings is 1. The fourth-order valence-corrected chi connectivity index (χ4v) is 4.04. The summed E-state index contributed by atoms with van der Waals surface area (Å²) >= 11 is 0. The van der Waals surface area contributed by atoms with Crippen LogP contribution in [0.5, 0.6) is 0 Å². The molecule has 0 amide bonds. The minimum Gasteiger partial charge on any atom is -0.464 e. The Bertz CT molecular complexity index is 697. The number of esters is 1. The van der Waals surface area contributed by atoms with Gasteiger partial charge in [0.05, 0.1) is 6.10 Å². The normalized spacial score (nSPS) is 19.2. The number of ether oxygens (including phenoxy) is 1. The highest BCUT2D eigenvalue weighted by atomic mass is 17.0. The molecule has 0 radical (unpaired) electrons. The first-order valence-electron chi connectivity index (χ1n) is 11.6. The molecule has 0 aromatic heterocycles. The highest BCUT2D eigenvalue weighted by Gasteiger charge is 2.25. The molecule has 178 valence electrons. The minimum atomic E-state index is -0.906. The quantitative estimate of drug-likeness (QED) is 0.131. The summed E-state index contributed by atoms with van der Waals surface area (Å²) in [7, 11) is 0. The van der Waals surface area contributed by atoms with Crippen molar-refractivity contribution in [2.45, 2.75) is 69.9 Å². The molecule has 1 unspecified atom stereocenters. The van der Waals surface area contributed by atoms with Crippen LogP contribution < -0.4 is 5.32 Å². The van der Waals surface area contributed by atoms with Gasteiger partial charge in [-0.15, -0.1) is 10.1 Å². The van der Waals surface area contributed by atoms with Crippen LogP contribution >= 0.6 is 0 Å². The predicted octanol–water partition coefficient (Wildman–Crippen LogP) is 3.61. The van der Waals surface area contributed by atoms with E-state index in [9.17, 15) is 20.0 Å². The fraction of sp³-hybridized carbons (Fsp3) is 0.625. The molecule has 1 saturated heterocycles. The smallest absolute Gasteiger partial charge is 0.305 e. The lowest BCUT2D eigenvalue weighted by atomic mass is 9.90. The van der Waals surface area contributed by atoms with Gasteiger partial charge in [0.2, 0.25) is 0 Å². The zero-order valence-corrected chi connectivity index (χ0v) is 18.7. The molecule has 0 spiro atoms. The Morgan fingerprint density at radius 2 is 2.06 bits per heavy atom. The Morgan fingerprint density at radius 1 is 1.25 bits per heavy atom. The highest BCUT2D eigenvalue weighted by Crippen LogP contribution is 2.25. The van der Waals surface area contributed by atoms with Crippen LogP contribution in [-0.4, -0.2) is 48.1 Å². The van der Waals surface area contributed by atoms with Crippen LogP contribution in [0, 0.1) is 16.0 Å². The van der Waals surface area contributed by atoms with Crippen LogP contribution in [0.2, 0.25) is 0 Å². The van der Waals surface area contributed by atoms with Crippen molar-refractivity contribution in [2.75, 3.05) is 19.8 Å². The molecule has 8 nitrogen and oxygen atoms in total. The van der Waals surface area contributed by atoms with Crippen molar-refractivity contribution < 1.29 is 24.6 Å². The summed E-state index contributed by atoms with van der Waals surface area (Å²) in [4.78, 5) is 25.6. The number of carbonyl (C=O) groups excluding carboxylic acids is 1. The number of nitrogens with zero attached hydrogens (tertiary/aromatic N) is 1. The third-order valence-corrected chi connectivity index (χ3v) is 5.82. The van der Waals surface area contributed by atoms with E-state index in [2.05, 4.69) is 34.4 Å². The molecule has 0 aliphatic carbocycles. The number of aryl methyl sites for hydroxylation is 1. The van der Waals surface area contributed by atoms with Gasteiger partial charge < -0.3 is 20.0 Å². The number of rotatable bonds is 16. The van der Waals surface area contributed by atoms with E-state index < -0.39 is 5.09 Å². The second-order valence-corrected chi connectivity index (χ2v) is 8.24. The average molecular weight is 449 g/mol. The lowest BCUT2D eigenvalue weighted by molar-refractivity contribution is -0.757. The van der Waals surface area contributed by atoms with Crippen LogP contribution in [0.4, 0.5) is 0 Å². The Morgan fingerprint density at radius 3 is 2.84 bits per heavy atom. The first-order valence-corrected chi connectivity index (χ1v) is 11.6. The third kappa shape index (κ3) is 11.2. The maximum absolute atomic E-state index is 11.5. The molecule has 1 aliphatic heterocycles. The van der Waals surface area contributed by atoms with Gasteiger partial charge in [-0.3, -0.25) is 4.79 Å². The Balaban J connectivity index is 1.53. The van der Waals surface area contributed by atoms with Gasteiger partial charge in [-0.1, -0.05) is 42.5 Å². The molecule has 3 atom stereocenters. The number of hydrogen-bond acceptors (Lipinski definition) is 7. The van der Waals surface area contributed by atoms with Gasteiger partial charge >= 0.3 is 5.97 Å². The Kier molecular flexibility index (Phi) is 12.4. The number of carbonyl (C=O) groups is 1. The van der Waals surface area contributed by atoms with E-state index in [0.29, 0.717) is 18.4 Å². The van der Waals surface area contributed by atoms with Crippen LogP contribution in [0.15, 0.2) is 42.5 Å². The van der Waals surface area contributed by atoms with Crippen molar-refractivity contribution in [2.24, 2.45) is 5.92 Å². The van der Waals surface area contributed by atoms with Crippen molar-refractivity contribution in [3.8, 4) is 0 Å². The Labute approximate surface area is 190 Å². The molecular formula is C24H36N2O6. The summed E-state index contributed by atoms with van der Waals surface area (Å²) in [6, 6.07) is 10.7. The second-order valence-electron chi connectivity index (χ2n) is 8.24. The molecule has 1 aromatic carbocycles. The topological polar surface area (TPSA) is 111 Å². The van der Waals surface area contributed by atoms with E-state index in [1.165, 1.54) is 5.56 Å². The first-order chi connectivity index (χ1) is 15.5. The van der Waals surface area contributed by atoms with Crippen molar-refractivity contribution in [1.82, 2.24) is 5.32 Å². The summed E-state index contributed by atoms with van der Waals surface area (Å²) in [5.74, 6) is 0.219. The zero-order valence-electron chi connectivity index (χ0n) is 18.7. The third-order valence-electron chi connectivity index (χ3n) is 5.82. The number of aliphatic hydroxyl groups excluding tert-OH is 1. The average Bonchev–Trinajstić information content (AvgIpc) is 3.24. The number of hydrogen-bond donors (Lipinski definition) is 2. The summed E-state index contributed by atoms with van der Waals surface area (Å²) in [5, 5.41) is 23.0. The maximum Gasteiger partial charge on any atom is 0.305 e. The molecule has 0 bridgehead atoms. The summed E-state index contributed by atoms with van der Waals surface area (Å²) in [6.45, 7) is 0.679. The second kappa shape index (κ2) is 15.4. The van der Waals surface area contributed by atoms with Crippen LogP contribution in [0.25, 0.3) is 0 Å². The van der Waals surface area contributed by atoms with Gasteiger partial charge in [0.25, 0.3) is 5.09 Å². The molecule has 1 fully saturated rings. The van der Waals surface area contributed by atoms with E-state index in [0.717, 1.165) is 51.5 Å². The summed E-state index contributed by atoms with van der Waals surface area (Å²) < 4.78 is 4.86. The van der Waals surface area contributed by atoms with Gasteiger partial charge in [-0.2, -0.15) is 0 Å². The fourth-order valence-electron chi connectivity index (χ4n) is 4.04. The number of allylic oxidation sites excluding steroid dienone is 1. The number of nitrogens with one attached hydrogen (secondary N) is 1. The van der Waals surface area contributed by atoms with E-state index in [4.69, 9.17) is 4.74 Å². The standard InChI is InChI=1S/C24H36N2O6/c27-22(14-12-20-8-4-3-5-9-20)15-13-21-16-17-25-23(21)10-6-1-2-7-11-24(28)31-18-19-32-26(29)30/h1,3-6,8-9,21-23,25,27H,2,7,10-19H2/b6-1-/t21?,22-,23+/m0/s1. The highest BCUT2D eigenvalue weighted by molar-refractivity contribution is 5.69. The number of aliphatic hydroxyl groups is 1. The summed E-state index contributed by atoms with van der Waals surface area (Å²) in [5.41, 5.74) is 1.27. The van der Waals surface area contributed by atoms with Gasteiger partial charge in [-0.25, -0.2) is 0 Å². The predicted molar refractivity (Wildman–Crippen MR) is 121 cm³/mol. The van der Waals surface area contributed by atoms with Crippen LogP contribution in [-0.2, 0) is 20.8 Å². The zero-order chi connectivity index (χ0) is 23.0. The molecule has 1 aromatic rings. The van der Waals surface area contributed by atoms with Gasteiger partial charge in [0.15, 0.2) is 0 Å². The van der Waals surface area contributed by atoms with Crippen LogP contribution in [0.1, 0.15) is 56.9 Å². The van der Waals surface area contributed by atoms with E-state index in [1.807, 2.05) is 18.2 Å². The molecule has 32 heavy (non-hydrogen) atoms. The van der Waals surface area contributed by atoms with Crippen molar-refractivity contribution in [1.29, 1.82) is 0 Å². The minimum absolute atomic E-state index is 0.106. The largest absolute Gasteiger partial charge is 0.464 e. The van der Waals surface area contributed by atoms with Gasteiger partial charge in [-0.05, 0) is 69.4 Å². The van der Waals surface area contributed by atoms with Crippen molar-refractivity contribution in [3.63, 3.8) is 0 Å². The number of unbranched alkanes of at least 4 members (excludes halogenated alkanes) is 1. The molecular weight excluding hydrogens is 412 g/mol. The van der Waals surface area contributed by atoms with E-state index in [-0.39, 0.29) is 31.7 Å². The molecule has 1 heterocycles. The lowest BCUT2D eigenvalue weighted by Crippen LogP contribution is -2.27. The first kappa shape index (κ1) is 25.8. The van der Waals surface area contributed by atoms with Crippen molar-refractivity contribution >= 4 is 5.97 Å². The van der Waals surface area contributed by atoms with E-state index >= 15 is 0 Å². The SMILES string of the molecule is O=C(CCC/C=C\C[C@H]1NCCC1CC[C@@H](O)CCc1ccccc1)OCCO[N+](=O)[O-]. The van der Waals surface area contributed by atoms with E-state index in [1.54, 1.807) is 0 Å². The van der Waals surface area contributed by atoms with Gasteiger partial charge in [0, 0.05) is 12.5 Å².